The van der Waals surface area contributed by atoms with Gasteiger partial charge in [-0.15, -0.1) is 11.3 Å². The molecule has 0 saturated carbocycles. The summed E-state index contributed by atoms with van der Waals surface area (Å²) >= 11 is 1.73. The number of carbonyl (C=O) groups is 1. The average molecular weight is 274 g/mol. The SMILES string of the molecule is CC(C(=O)NCc1csc2ccccc12)C1CNC1. The first kappa shape index (κ1) is 12.6. The van der Waals surface area contributed by atoms with E-state index in [1.54, 1.807) is 11.3 Å². The van der Waals surface area contributed by atoms with Gasteiger partial charge in [-0.25, -0.2) is 0 Å². The lowest BCUT2D eigenvalue weighted by atomic mass is 9.88. The first-order valence-electron chi connectivity index (χ1n) is 6.69. The molecule has 3 rings (SSSR count). The summed E-state index contributed by atoms with van der Waals surface area (Å²) in [6, 6.07) is 8.33. The van der Waals surface area contributed by atoms with E-state index in [9.17, 15) is 4.79 Å². The van der Waals surface area contributed by atoms with Crippen molar-refractivity contribution < 1.29 is 4.79 Å². The largest absolute Gasteiger partial charge is 0.352 e. The summed E-state index contributed by atoms with van der Waals surface area (Å²) in [6.07, 6.45) is 0. The van der Waals surface area contributed by atoms with E-state index in [2.05, 4.69) is 28.1 Å². The van der Waals surface area contributed by atoms with Crippen LogP contribution in [0.3, 0.4) is 0 Å². The standard InChI is InChI=1S/C15H18N2OS/c1-10(11-6-16-7-11)15(18)17-8-12-9-19-14-5-3-2-4-13(12)14/h2-5,9-11,16H,6-8H2,1H3,(H,17,18). The molecule has 4 heteroatoms. The molecule has 3 nitrogen and oxygen atoms in total. The normalized spacial score (nSPS) is 17.1. The number of rotatable bonds is 4. The molecular formula is C15H18N2OS. The molecule has 2 N–H and O–H groups in total. The molecule has 2 heterocycles. The molecule has 1 aliphatic rings. The number of hydrogen-bond donors (Lipinski definition) is 2. The molecule has 1 fully saturated rings. The van der Waals surface area contributed by atoms with Crippen molar-refractivity contribution >= 4 is 27.3 Å². The van der Waals surface area contributed by atoms with Gasteiger partial charge in [0.1, 0.15) is 0 Å². The average Bonchev–Trinajstić information content (AvgIpc) is 2.77. The molecule has 1 unspecified atom stereocenters. The zero-order chi connectivity index (χ0) is 13.2. The van der Waals surface area contributed by atoms with Gasteiger partial charge in [0.05, 0.1) is 0 Å². The molecule has 1 aromatic heterocycles. The van der Waals surface area contributed by atoms with Crippen LogP contribution in [0.25, 0.3) is 10.1 Å². The first-order valence-corrected chi connectivity index (χ1v) is 7.57. The molecule has 0 aliphatic carbocycles. The van der Waals surface area contributed by atoms with Crippen LogP contribution in [-0.4, -0.2) is 19.0 Å². The van der Waals surface area contributed by atoms with Crippen molar-refractivity contribution in [1.29, 1.82) is 0 Å². The lowest BCUT2D eigenvalue weighted by Crippen LogP contribution is -2.49. The van der Waals surface area contributed by atoms with Gasteiger partial charge in [0.25, 0.3) is 0 Å². The number of amides is 1. The number of hydrogen-bond acceptors (Lipinski definition) is 3. The molecule has 0 bridgehead atoms. The Labute approximate surface area is 117 Å². The quantitative estimate of drug-likeness (QED) is 0.898. The highest BCUT2D eigenvalue weighted by molar-refractivity contribution is 7.17. The van der Waals surface area contributed by atoms with E-state index in [0.717, 1.165) is 13.1 Å². The summed E-state index contributed by atoms with van der Waals surface area (Å²) in [6.45, 7) is 4.59. The fraction of sp³-hybridized carbons (Fsp3) is 0.400. The summed E-state index contributed by atoms with van der Waals surface area (Å²) in [4.78, 5) is 12.1. The van der Waals surface area contributed by atoms with Crippen molar-refractivity contribution in [2.24, 2.45) is 11.8 Å². The summed E-state index contributed by atoms with van der Waals surface area (Å²) in [5.41, 5.74) is 1.22. The van der Waals surface area contributed by atoms with Crippen LogP contribution in [-0.2, 0) is 11.3 Å². The van der Waals surface area contributed by atoms with Crippen LogP contribution < -0.4 is 10.6 Å². The second-order valence-electron chi connectivity index (χ2n) is 5.18. The van der Waals surface area contributed by atoms with Crippen molar-refractivity contribution in [2.75, 3.05) is 13.1 Å². The third-order valence-corrected chi connectivity index (χ3v) is 4.96. The summed E-state index contributed by atoms with van der Waals surface area (Å²) in [5.74, 6) is 0.771. The van der Waals surface area contributed by atoms with Gasteiger partial charge in [-0.2, -0.15) is 0 Å². The van der Waals surface area contributed by atoms with Gasteiger partial charge >= 0.3 is 0 Å². The lowest BCUT2D eigenvalue weighted by molar-refractivity contribution is -0.126. The number of fused-ring (bicyclic) bond motifs is 1. The highest BCUT2D eigenvalue weighted by atomic mass is 32.1. The fourth-order valence-electron chi connectivity index (χ4n) is 2.39. The maximum Gasteiger partial charge on any atom is 0.223 e. The van der Waals surface area contributed by atoms with E-state index in [1.165, 1.54) is 15.6 Å². The summed E-state index contributed by atoms with van der Waals surface area (Å²) < 4.78 is 1.28. The lowest BCUT2D eigenvalue weighted by Gasteiger charge is -2.31. The Morgan fingerprint density at radius 1 is 1.47 bits per heavy atom. The molecule has 19 heavy (non-hydrogen) atoms. The zero-order valence-electron chi connectivity index (χ0n) is 11.0. The summed E-state index contributed by atoms with van der Waals surface area (Å²) in [7, 11) is 0. The van der Waals surface area contributed by atoms with Gasteiger partial charge in [-0.1, -0.05) is 25.1 Å². The molecule has 1 atom stereocenters. The molecular weight excluding hydrogens is 256 g/mol. The maximum atomic E-state index is 12.1. The number of benzene rings is 1. The van der Waals surface area contributed by atoms with Crippen LogP contribution in [0, 0.1) is 11.8 Å². The minimum atomic E-state index is 0.103. The minimum absolute atomic E-state index is 0.103. The number of thiophene rings is 1. The van der Waals surface area contributed by atoms with Gasteiger partial charge in [-0.3, -0.25) is 4.79 Å². The van der Waals surface area contributed by atoms with E-state index in [0.29, 0.717) is 12.5 Å². The topological polar surface area (TPSA) is 41.1 Å². The third-order valence-electron chi connectivity index (χ3n) is 3.95. The Morgan fingerprint density at radius 2 is 2.26 bits per heavy atom. The Balaban J connectivity index is 1.64. The Morgan fingerprint density at radius 3 is 3.00 bits per heavy atom. The number of nitrogens with one attached hydrogen (secondary N) is 2. The van der Waals surface area contributed by atoms with Gasteiger partial charge in [0.15, 0.2) is 0 Å². The van der Waals surface area contributed by atoms with Crippen molar-refractivity contribution in [3.05, 3.63) is 35.2 Å². The van der Waals surface area contributed by atoms with E-state index >= 15 is 0 Å². The second kappa shape index (κ2) is 5.31. The van der Waals surface area contributed by atoms with Crippen molar-refractivity contribution in [3.8, 4) is 0 Å². The predicted octanol–water partition coefficient (Wildman–Crippen LogP) is 2.37. The molecule has 0 spiro atoms. The minimum Gasteiger partial charge on any atom is -0.352 e. The summed E-state index contributed by atoms with van der Waals surface area (Å²) in [5, 5.41) is 9.67. The molecule has 1 amide bonds. The van der Waals surface area contributed by atoms with Crippen LogP contribution >= 0.6 is 11.3 Å². The monoisotopic (exact) mass is 274 g/mol. The van der Waals surface area contributed by atoms with Crippen LogP contribution in [0.2, 0.25) is 0 Å². The molecule has 1 aliphatic heterocycles. The fourth-order valence-corrected chi connectivity index (χ4v) is 3.35. The van der Waals surface area contributed by atoms with E-state index in [1.807, 2.05) is 19.1 Å². The van der Waals surface area contributed by atoms with Crippen LogP contribution in [0.1, 0.15) is 12.5 Å². The first-order chi connectivity index (χ1) is 9.25. The van der Waals surface area contributed by atoms with Gasteiger partial charge in [0, 0.05) is 17.2 Å². The van der Waals surface area contributed by atoms with Crippen molar-refractivity contribution in [3.63, 3.8) is 0 Å². The maximum absolute atomic E-state index is 12.1. The zero-order valence-corrected chi connectivity index (χ0v) is 11.8. The molecule has 1 saturated heterocycles. The molecule has 0 radical (unpaired) electrons. The van der Waals surface area contributed by atoms with E-state index in [-0.39, 0.29) is 11.8 Å². The van der Waals surface area contributed by atoms with Crippen LogP contribution in [0.5, 0.6) is 0 Å². The van der Waals surface area contributed by atoms with E-state index < -0.39 is 0 Å². The second-order valence-corrected chi connectivity index (χ2v) is 6.09. The van der Waals surface area contributed by atoms with E-state index in [4.69, 9.17) is 0 Å². The predicted molar refractivity (Wildman–Crippen MR) is 79.2 cm³/mol. The van der Waals surface area contributed by atoms with Gasteiger partial charge in [0.2, 0.25) is 5.91 Å². The highest BCUT2D eigenvalue weighted by Crippen LogP contribution is 2.25. The molecule has 100 valence electrons. The third kappa shape index (κ3) is 2.51. The van der Waals surface area contributed by atoms with Crippen LogP contribution in [0.4, 0.5) is 0 Å². The van der Waals surface area contributed by atoms with Gasteiger partial charge < -0.3 is 10.6 Å². The number of carbonyl (C=O) groups excluding carboxylic acids is 1. The Kier molecular flexibility index (Phi) is 3.53. The van der Waals surface area contributed by atoms with Crippen molar-refractivity contribution in [1.82, 2.24) is 10.6 Å². The Hall–Kier alpha value is -1.39. The molecule has 1 aromatic carbocycles. The highest BCUT2D eigenvalue weighted by Gasteiger charge is 2.28. The van der Waals surface area contributed by atoms with Crippen LogP contribution in [0.15, 0.2) is 29.6 Å². The van der Waals surface area contributed by atoms with Crippen molar-refractivity contribution in [2.45, 2.75) is 13.5 Å². The van der Waals surface area contributed by atoms with Gasteiger partial charge in [-0.05, 0) is 41.4 Å². The smallest absolute Gasteiger partial charge is 0.223 e. The molecule has 2 aromatic rings. The Bertz CT molecular complexity index is 589.